The van der Waals surface area contributed by atoms with Gasteiger partial charge in [-0.2, -0.15) is 0 Å². The summed E-state index contributed by atoms with van der Waals surface area (Å²) >= 11 is 1.66. The number of rotatable bonds is 2. The van der Waals surface area contributed by atoms with Crippen LogP contribution in [0.4, 0.5) is 0 Å². The van der Waals surface area contributed by atoms with Gasteiger partial charge in [0.2, 0.25) is 0 Å². The van der Waals surface area contributed by atoms with Gasteiger partial charge in [0.25, 0.3) is 11.8 Å². The Kier molecular flexibility index (Phi) is 4.49. The lowest BCUT2D eigenvalue weighted by Gasteiger charge is -2.35. The van der Waals surface area contributed by atoms with Gasteiger partial charge in [0.1, 0.15) is 6.10 Å². The number of piperazine rings is 1. The number of carbonyl (C=O) groups is 2. The summed E-state index contributed by atoms with van der Waals surface area (Å²) in [5.41, 5.74) is 0.807. The van der Waals surface area contributed by atoms with Crippen LogP contribution < -0.4 is 0 Å². The number of ether oxygens (including phenoxy) is 1. The van der Waals surface area contributed by atoms with Crippen LogP contribution >= 0.6 is 11.3 Å². The molecule has 5 nitrogen and oxygen atoms in total. The Morgan fingerprint density at radius 1 is 1.18 bits per heavy atom. The van der Waals surface area contributed by atoms with Crippen molar-refractivity contribution < 1.29 is 14.3 Å². The second-order valence-corrected chi connectivity index (χ2v) is 7.41. The van der Waals surface area contributed by atoms with Crippen LogP contribution in [0, 0.1) is 13.8 Å². The summed E-state index contributed by atoms with van der Waals surface area (Å²) in [6.45, 7) is 7.11. The number of hydrogen-bond donors (Lipinski definition) is 0. The Bertz CT molecular complexity index is 570. The van der Waals surface area contributed by atoms with E-state index in [-0.39, 0.29) is 17.9 Å². The predicted molar refractivity (Wildman–Crippen MR) is 85.3 cm³/mol. The minimum absolute atomic E-state index is 0.0889. The van der Waals surface area contributed by atoms with Crippen LogP contribution in [0.1, 0.15) is 33.0 Å². The van der Waals surface area contributed by atoms with Crippen LogP contribution in [0.5, 0.6) is 0 Å². The highest BCUT2D eigenvalue weighted by molar-refractivity contribution is 7.12. The van der Waals surface area contributed by atoms with Crippen molar-refractivity contribution in [2.24, 2.45) is 0 Å². The molecule has 2 amide bonds. The molecule has 2 aliphatic rings. The Morgan fingerprint density at radius 3 is 2.41 bits per heavy atom. The van der Waals surface area contributed by atoms with E-state index in [9.17, 15) is 9.59 Å². The maximum Gasteiger partial charge on any atom is 0.255 e. The van der Waals surface area contributed by atoms with Crippen molar-refractivity contribution in [1.82, 2.24) is 9.80 Å². The van der Waals surface area contributed by atoms with Crippen molar-refractivity contribution >= 4 is 23.2 Å². The van der Waals surface area contributed by atoms with E-state index >= 15 is 0 Å². The second-order valence-electron chi connectivity index (χ2n) is 5.95. The molecule has 22 heavy (non-hydrogen) atoms. The molecule has 2 saturated heterocycles. The van der Waals surface area contributed by atoms with Gasteiger partial charge in [0, 0.05) is 42.5 Å². The van der Waals surface area contributed by atoms with Crippen LogP contribution in [0.3, 0.4) is 0 Å². The van der Waals surface area contributed by atoms with E-state index < -0.39 is 0 Å². The maximum atomic E-state index is 12.6. The van der Waals surface area contributed by atoms with Gasteiger partial charge in [-0.15, -0.1) is 11.3 Å². The first-order valence-electron chi connectivity index (χ1n) is 7.83. The molecule has 3 rings (SSSR count). The monoisotopic (exact) mass is 322 g/mol. The van der Waals surface area contributed by atoms with Gasteiger partial charge in [0.05, 0.1) is 5.56 Å². The molecule has 3 heterocycles. The molecule has 6 heteroatoms. The number of hydrogen-bond acceptors (Lipinski definition) is 4. The lowest BCUT2D eigenvalue weighted by atomic mass is 10.1. The third-order valence-corrected chi connectivity index (χ3v) is 5.32. The molecular weight excluding hydrogens is 300 g/mol. The molecule has 0 spiro atoms. The normalized spacial score (nSPS) is 22.2. The van der Waals surface area contributed by atoms with Crippen molar-refractivity contribution in [2.45, 2.75) is 32.8 Å². The van der Waals surface area contributed by atoms with E-state index in [0.717, 1.165) is 28.2 Å². The molecule has 2 aliphatic heterocycles. The number of carbonyl (C=O) groups excluding carboxylic acids is 2. The first kappa shape index (κ1) is 15.5. The van der Waals surface area contributed by atoms with E-state index in [4.69, 9.17) is 4.74 Å². The lowest BCUT2D eigenvalue weighted by molar-refractivity contribution is -0.142. The summed E-state index contributed by atoms with van der Waals surface area (Å²) in [5, 5.41) is 0. The molecule has 2 fully saturated rings. The number of thiophene rings is 1. The molecule has 1 aromatic rings. The zero-order valence-electron chi connectivity index (χ0n) is 13.1. The minimum Gasteiger partial charge on any atom is -0.368 e. The molecule has 1 atom stereocenters. The van der Waals surface area contributed by atoms with Gasteiger partial charge in [0.15, 0.2) is 0 Å². The average molecular weight is 322 g/mol. The molecule has 0 N–H and O–H groups in total. The van der Waals surface area contributed by atoms with Gasteiger partial charge < -0.3 is 14.5 Å². The Morgan fingerprint density at radius 2 is 1.86 bits per heavy atom. The van der Waals surface area contributed by atoms with Crippen LogP contribution in [0.2, 0.25) is 0 Å². The Hall–Kier alpha value is -1.40. The molecule has 120 valence electrons. The minimum atomic E-state index is -0.260. The van der Waals surface area contributed by atoms with Crippen LogP contribution in [0.15, 0.2) is 6.07 Å². The largest absolute Gasteiger partial charge is 0.368 e. The molecule has 0 bridgehead atoms. The fourth-order valence-electron chi connectivity index (χ4n) is 3.12. The van der Waals surface area contributed by atoms with Crippen LogP contribution in [0.25, 0.3) is 0 Å². The summed E-state index contributed by atoms with van der Waals surface area (Å²) in [4.78, 5) is 30.8. The highest BCUT2D eigenvalue weighted by Crippen LogP contribution is 2.23. The van der Waals surface area contributed by atoms with Crippen LogP contribution in [-0.4, -0.2) is 60.5 Å². The van der Waals surface area contributed by atoms with Gasteiger partial charge in [-0.05, 0) is 32.8 Å². The lowest BCUT2D eigenvalue weighted by Crippen LogP contribution is -2.52. The van der Waals surface area contributed by atoms with E-state index in [1.165, 1.54) is 0 Å². The maximum absolute atomic E-state index is 12.6. The van der Waals surface area contributed by atoms with Crippen LogP contribution in [-0.2, 0) is 9.53 Å². The third kappa shape index (κ3) is 3.03. The Balaban J connectivity index is 1.58. The SMILES string of the molecule is Cc1cc(C(=O)N2CCN(C(=O)C3CCCO3)CC2)c(C)s1. The first-order valence-corrected chi connectivity index (χ1v) is 8.64. The van der Waals surface area contributed by atoms with Gasteiger partial charge in [-0.3, -0.25) is 9.59 Å². The molecule has 0 aliphatic carbocycles. The zero-order chi connectivity index (χ0) is 15.7. The fraction of sp³-hybridized carbons (Fsp3) is 0.625. The Labute approximate surface area is 134 Å². The fourth-order valence-corrected chi connectivity index (χ4v) is 4.04. The molecule has 1 aromatic heterocycles. The van der Waals surface area contributed by atoms with Gasteiger partial charge in [-0.25, -0.2) is 0 Å². The average Bonchev–Trinajstić information content (AvgIpc) is 3.15. The molecule has 0 aromatic carbocycles. The quantitative estimate of drug-likeness (QED) is 0.835. The highest BCUT2D eigenvalue weighted by atomic mass is 32.1. The topological polar surface area (TPSA) is 49.9 Å². The van der Waals surface area contributed by atoms with Crippen molar-refractivity contribution in [2.75, 3.05) is 32.8 Å². The summed E-state index contributed by atoms with van der Waals surface area (Å²) in [6.07, 6.45) is 1.53. The summed E-state index contributed by atoms with van der Waals surface area (Å²) < 4.78 is 5.46. The van der Waals surface area contributed by atoms with Crippen molar-refractivity contribution in [1.29, 1.82) is 0 Å². The molecule has 0 radical (unpaired) electrons. The smallest absolute Gasteiger partial charge is 0.255 e. The number of amides is 2. The van der Waals surface area contributed by atoms with Gasteiger partial charge in [-0.1, -0.05) is 0 Å². The van der Waals surface area contributed by atoms with E-state index in [0.29, 0.717) is 32.8 Å². The van der Waals surface area contributed by atoms with Gasteiger partial charge >= 0.3 is 0 Å². The van der Waals surface area contributed by atoms with E-state index in [1.54, 1.807) is 11.3 Å². The first-order chi connectivity index (χ1) is 10.6. The molecular formula is C16H22N2O3S. The summed E-state index contributed by atoms with van der Waals surface area (Å²) in [5.74, 6) is 0.179. The zero-order valence-corrected chi connectivity index (χ0v) is 13.9. The van der Waals surface area contributed by atoms with E-state index in [1.807, 2.05) is 29.7 Å². The predicted octanol–water partition coefficient (Wildman–Crippen LogP) is 1.83. The standard InChI is InChI=1S/C16H22N2O3S/c1-11-10-13(12(2)22-11)15(19)17-5-7-18(8-6-17)16(20)14-4-3-9-21-14/h10,14H,3-9H2,1-2H3. The summed E-state index contributed by atoms with van der Waals surface area (Å²) in [6, 6.07) is 1.96. The number of aryl methyl sites for hydroxylation is 2. The van der Waals surface area contributed by atoms with E-state index in [2.05, 4.69) is 0 Å². The highest BCUT2D eigenvalue weighted by Gasteiger charge is 2.31. The molecule has 0 saturated carbocycles. The van der Waals surface area contributed by atoms with Crippen molar-refractivity contribution in [3.8, 4) is 0 Å². The second kappa shape index (κ2) is 6.38. The van der Waals surface area contributed by atoms with Crippen molar-refractivity contribution in [3.63, 3.8) is 0 Å². The molecule has 1 unspecified atom stereocenters. The number of nitrogens with zero attached hydrogens (tertiary/aromatic N) is 2. The third-order valence-electron chi connectivity index (χ3n) is 4.36. The summed E-state index contributed by atoms with van der Waals surface area (Å²) in [7, 11) is 0. The van der Waals surface area contributed by atoms with Crippen molar-refractivity contribution in [3.05, 3.63) is 21.4 Å².